The average molecular weight is 123 g/mol. The standard InChI is InChI=1S/C6H5NO2/c8-5-1-2-6-7(5)3-4-9-6/h2-4H,1H2. The molecule has 0 N–H and O–H groups in total. The van der Waals surface area contributed by atoms with Gasteiger partial charge in [0.2, 0.25) is 11.8 Å². The fourth-order valence-electron chi connectivity index (χ4n) is 0.917. The van der Waals surface area contributed by atoms with E-state index in [9.17, 15) is 4.79 Å². The molecule has 0 saturated heterocycles. The number of amides is 1. The van der Waals surface area contributed by atoms with E-state index in [1.807, 2.05) is 0 Å². The van der Waals surface area contributed by atoms with Crippen LogP contribution in [0.25, 0.3) is 0 Å². The Balaban J connectivity index is 2.36. The highest BCUT2D eigenvalue weighted by molar-refractivity contribution is 5.83. The molecule has 0 aromatic heterocycles. The highest BCUT2D eigenvalue weighted by Crippen LogP contribution is 2.22. The van der Waals surface area contributed by atoms with Crippen molar-refractivity contribution in [3.8, 4) is 0 Å². The summed E-state index contributed by atoms with van der Waals surface area (Å²) in [5.74, 6) is 0.735. The van der Waals surface area contributed by atoms with Gasteiger partial charge in [-0.05, 0) is 6.08 Å². The molecule has 0 atom stereocenters. The summed E-state index contributed by atoms with van der Waals surface area (Å²) in [6.07, 6.45) is 5.37. The predicted octanol–water partition coefficient (Wildman–Crippen LogP) is 0.561. The number of hydrogen-bond donors (Lipinski definition) is 0. The van der Waals surface area contributed by atoms with Crippen molar-refractivity contribution < 1.29 is 9.53 Å². The van der Waals surface area contributed by atoms with Crippen LogP contribution in [0.5, 0.6) is 0 Å². The minimum atomic E-state index is 0.0822. The summed E-state index contributed by atoms with van der Waals surface area (Å²) in [5.41, 5.74) is 0. The quantitative estimate of drug-likeness (QED) is 0.471. The summed E-state index contributed by atoms with van der Waals surface area (Å²) in [4.78, 5) is 12.3. The lowest BCUT2D eigenvalue weighted by atomic mass is 10.4. The maximum absolute atomic E-state index is 10.8. The van der Waals surface area contributed by atoms with E-state index in [0.717, 1.165) is 0 Å². The Morgan fingerprint density at radius 2 is 2.56 bits per heavy atom. The molecule has 1 amide bonds. The van der Waals surface area contributed by atoms with E-state index >= 15 is 0 Å². The molecule has 0 radical (unpaired) electrons. The maximum Gasteiger partial charge on any atom is 0.237 e. The van der Waals surface area contributed by atoms with Crippen LogP contribution >= 0.6 is 0 Å². The van der Waals surface area contributed by atoms with Crippen LogP contribution in [0, 0.1) is 0 Å². The van der Waals surface area contributed by atoms with Crippen LogP contribution in [0.2, 0.25) is 0 Å². The Hall–Kier alpha value is -1.25. The number of rotatable bonds is 0. The van der Waals surface area contributed by atoms with E-state index in [4.69, 9.17) is 4.74 Å². The second-order valence-corrected chi connectivity index (χ2v) is 1.91. The Labute approximate surface area is 52.2 Å². The average Bonchev–Trinajstić information content (AvgIpc) is 2.35. The van der Waals surface area contributed by atoms with Gasteiger partial charge in [0.05, 0.1) is 12.6 Å². The van der Waals surface area contributed by atoms with Crippen LogP contribution in [0.3, 0.4) is 0 Å². The van der Waals surface area contributed by atoms with Crippen molar-refractivity contribution in [2.24, 2.45) is 0 Å². The number of hydrogen-bond acceptors (Lipinski definition) is 2. The van der Waals surface area contributed by atoms with Gasteiger partial charge in [-0.15, -0.1) is 0 Å². The molecule has 46 valence electrons. The highest BCUT2D eigenvalue weighted by Gasteiger charge is 2.25. The van der Waals surface area contributed by atoms with Gasteiger partial charge < -0.3 is 4.74 Å². The van der Waals surface area contributed by atoms with E-state index < -0.39 is 0 Å². The van der Waals surface area contributed by atoms with Crippen LogP contribution in [0.4, 0.5) is 0 Å². The van der Waals surface area contributed by atoms with Crippen molar-refractivity contribution in [2.45, 2.75) is 6.42 Å². The van der Waals surface area contributed by atoms with E-state index in [1.54, 1.807) is 12.3 Å². The molecule has 0 fully saturated rings. The molecule has 9 heavy (non-hydrogen) atoms. The van der Waals surface area contributed by atoms with E-state index in [2.05, 4.69) is 0 Å². The number of nitrogens with zero attached hydrogens (tertiary/aromatic N) is 1. The molecule has 0 bridgehead atoms. The topological polar surface area (TPSA) is 29.5 Å². The normalized spacial score (nSPS) is 22.0. The van der Waals surface area contributed by atoms with Crippen molar-refractivity contribution in [3.05, 3.63) is 24.4 Å². The third kappa shape index (κ3) is 0.483. The Kier molecular flexibility index (Phi) is 0.704. The number of fused-ring (bicyclic) bond motifs is 1. The first kappa shape index (κ1) is 4.61. The van der Waals surface area contributed by atoms with Crippen LogP contribution in [-0.2, 0) is 9.53 Å². The summed E-state index contributed by atoms with van der Waals surface area (Å²) in [5, 5.41) is 0. The van der Waals surface area contributed by atoms with Gasteiger partial charge in [-0.2, -0.15) is 0 Å². The van der Waals surface area contributed by atoms with Crippen LogP contribution < -0.4 is 0 Å². The fraction of sp³-hybridized carbons (Fsp3) is 0.167. The van der Waals surface area contributed by atoms with Crippen molar-refractivity contribution >= 4 is 5.91 Å². The predicted molar refractivity (Wildman–Crippen MR) is 29.8 cm³/mol. The van der Waals surface area contributed by atoms with Gasteiger partial charge in [-0.1, -0.05) is 0 Å². The first-order valence-electron chi connectivity index (χ1n) is 2.73. The van der Waals surface area contributed by atoms with Gasteiger partial charge in [0.1, 0.15) is 6.26 Å². The van der Waals surface area contributed by atoms with Crippen LogP contribution in [0.15, 0.2) is 24.4 Å². The largest absolute Gasteiger partial charge is 0.447 e. The summed E-state index contributed by atoms with van der Waals surface area (Å²) >= 11 is 0. The highest BCUT2D eigenvalue weighted by atomic mass is 16.5. The van der Waals surface area contributed by atoms with Gasteiger partial charge in [0.15, 0.2) is 0 Å². The monoisotopic (exact) mass is 123 g/mol. The summed E-state index contributed by atoms with van der Waals surface area (Å²) in [6, 6.07) is 0. The molecule has 0 spiro atoms. The molecule has 2 heterocycles. The minimum Gasteiger partial charge on any atom is -0.447 e. The van der Waals surface area contributed by atoms with Crippen molar-refractivity contribution in [3.63, 3.8) is 0 Å². The van der Waals surface area contributed by atoms with Gasteiger partial charge in [0.25, 0.3) is 0 Å². The first-order chi connectivity index (χ1) is 4.38. The number of carbonyl (C=O) groups is 1. The molecule has 0 aromatic rings. The molecule has 2 aliphatic rings. The summed E-state index contributed by atoms with van der Waals surface area (Å²) < 4.78 is 4.93. The first-order valence-corrected chi connectivity index (χ1v) is 2.73. The van der Waals surface area contributed by atoms with E-state index in [-0.39, 0.29) is 5.91 Å². The van der Waals surface area contributed by atoms with Crippen LogP contribution in [0.1, 0.15) is 6.42 Å². The van der Waals surface area contributed by atoms with Gasteiger partial charge >= 0.3 is 0 Å². The molecule has 0 saturated carbocycles. The molecular formula is C6H5NO2. The lowest BCUT2D eigenvalue weighted by Crippen LogP contribution is -2.15. The van der Waals surface area contributed by atoms with E-state index in [1.165, 1.54) is 11.2 Å². The third-order valence-corrected chi connectivity index (χ3v) is 1.36. The van der Waals surface area contributed by atoms with Gasteiger partial charge in [0, 0.05) is 0 Å². The van der Waals surface area contributed by atoms with Crippen molar-refractivity contribution in [1.82, 2.24) is 4.90 Å². The molecule has 0 unspecified atom stereocenters. The molecule has 3 heteroatoms. The SMILES string of the molecule is O=C1CC=C2OC=CN12. The lowest BCUT2D eigenvalue weighted by molar-refractivity contribution is -0.125. The number of carbonyl (C=O) groups excluding carboxylic acids is 1. The molecule has 0 aliphatic carbocycles. The van der Waals surface area contributed by atoms with Gasteiger partial charge in [-0.3, -0.25) is 9.69 Å². The van der Waals surface area contributed by atoms with Crippen molar-refractivity contribution in [2.75, 3.05) is 0 Å². The molecule has 0 aromatic carbocycles. The number of ether oxygens (including phenoxy) is 1. The van der Waals surface area contributed by atoms with Gasteiger partial charge in [-0.25, -0.2) is 0 Å². The smallest absolute Gasteiger partial charge is 0.237 e. The molecular weight excluding hydrogens is 118 g/mol. The zero-order valence-electron chi connectivity index (χ0n) is 4.70. The Bertz CT molecular complexity index is 217. The van der Waals surface area contributed by atoms with Crippen molar-refractivity contribution in [1.29, 1.82) is 0 Å². The summed E-state index contributed by atoms with van der Waals surface area (Å²) in [6.45, 7) is 0. The second kappa shape index (κ2) is 1.37. The second-order valence-electron chi connectivity index (χ2n) is 1.91. The Morgan fingerprint density at radius 1 is 1.67 bits per heavy atom. The fourth-order valence-corrected chi connectivity index (χ4v) is 0.917. The van der Waals surface area contributed by atoms with E-state index in [0.29, 0.717) is 12.3 Å². The minimum absolute atomic E-state index is 0.0822. The third-order valence-electron chi connectivity index (χ3n) is 1.36. The molecule has 2 rings (SSSR count). The maximum atomic E-state index is 10.8. The molecule has 2 aliphatic heterocycles. The molecule has 3 nitrogen and oxygen atoms in total. The van der Waals surface area contributed by atoms with Crippen LogP contribution in [-0.4, -0.2) is 10.8 Å². The Morgan fingerprint density at radius 3 is 3.33 bits per heavy atom. The zero-order chi connectivity index (χ0) is 6.27. The lowest BCUT2D eigenvalue weighted by Gasteiger charge is -2.04. The summed E-state index contributed by atoms with van der Waals surface area (Å²) in [7, 11) is 0. The zero-order valence-corrected chi connectivity index (χ0v) is 4.70.